The molecule has 1 aliphatic heterocycles. The van der Waals surface area contributed by atoms with Crippen LogP contribution in [0.5, 0.6) is 0 Å². The first-order valence-electron chi connectivity index (χ1n) is 8.58. The number of rotatable bonds is 5. The van der Waals surface area contributed by atoms with E-state index < -0.39 is 9.84 Å². The number of nitrogens with zero attached hydrogens (tertiary/aromatic N) is 3. The summed E-state index contributed by atoms with van der Waals surface area (Å²) in [6.07, 6.45) is 4.56. The number of halogens is 1. The number of piperidine rings is 1. The molecule has 1 N–H and O–H groups in total. The molecule has 0 amide bonds. The van der Waals surface area contributed by atoms with Gasteiger partial charge in [-0.2, -0.15) is 0 Å². The van der Waals surface area contributed by atoms with Crippen molar-refractivity contribution in [2.45, 2.75) is 30.2 Å². The topological polar surface area (TPSA) is 75.2 Å². The number of hydrogen-bond donors (Lipinski definition) is 1. The normalized spacial score (nSPS) is 17.9. The maximum atomic E-state index is 12.2. The SMILES string of the molecule is CN(Cc1ccccc1Cl)c1ncc(S(C)(=O)=O)c(C2CCCNC2)n1. The molecule has 0 spiro atoms. The first-order valence-corrected chi connectivity index (χ1v) is 10.9. The van der Waals surface area contributed by atoms with E-state index in [2.05, 4.69) is 15.3 Å². The minimum absolute atomic E-state index is 0.0731. The van der Waals surface area contributed by atoms with Crippen LogP contribution in [0, 0.1) is 0 Å². The van der Waals surface area contributed by atoms with E-state index in [0.29, 0.717) is 23.2 Å². The summed E-state index contributed by atoms with van der Waals surface area (Å²) in [4.78, 5) is 11.0. The lowest BCUT2D eigenvalue weighted by molar-refractivity contribution is 0.447. The van der Waals surface area contributed by atoms with E-state index in [4.69, 9.17) is 11.6 Å². The lowest BCUT2D eigenvalue weighted by Crippen LogP contribution is -2.30. The molecule has 1 atom stereocenters. The Hall–Kier alpha value is -1.70. The third-order valence-electron chi connectivity index (χ3n) is 4.56. The second-order valence-corrected chi connectivity index (χ2v) is 9.07. The highest BCUT2D eigenvalue weighted by Crippen LogP contribution is 2.29. The number of hydrogen-bond acceptors (Lipinski definition) is 6. The Balaban J connectivity index is 1.94. The average Bonchev–Trinajstić information content (AvgIpc) is 2.63. The molecule has 26 heavy (non-hydrogen) atoms. The Kier molecular flexibility index (Phi) is 5.79. The van der Waals surface area contributed by atoms with Gasteiger partial charge in [0.2, 0.25) is 5.95 Å². The Morgan fingerprint density at radius 2 is 2.12 bits per heavy atom. The predicted octanol–water partition coefficient (Wildman–Crippen LogP) is 2.64. The molecule has 1 fully saturated rings. The lowest BCUT2D eigenvalue weighted by atomic mass is 9.96. The highest BCUT2D eigenvalue weighted by Gasteiger charge is 2.26. The van der Waals surface area contributed by atoms with Crippen LogP contribution in [0.15, 0.2) is 35.4 Å². The number of benzene rings is 1. The Bertz CT molecular complexity index is 883. The van der Waals surface area contributed by atoms with Crippen molar-refractivity contribution in [3.63, 3.8) is 0 Å². The second kappa shape index (κ2) is 7.90. The van der Waals surface area contributed by atoms with Crippen LogP contribution >= 0.6 is 11.6 Å². The summed E-state index contributed by atoms with van der Waals surface area (Å²) in [6, 6.07) is 7.62. The second-order valence-electron chi connectivity index (χ2n) is 6.68. The van der Waals surface area contributed by atoms with Crippen LogP contribution in [0.2, 0.25) is 5.02 Å². The van der Waals surface area contributed by atoms with Gasteiger partial charge in [-0.1, -0.05) is 29.8 Å². The molecule has 0 bridgehead atoms. The van der Waals surface area contributed by atoms with E-state index in [9.17, 15) is 8.42 Å². The van der Waals surface area contributed by atoms with Gasteiger partial charge >= 0.3 is 0 Å². The molecule has 0 aliphatic carbocycles. The summed E-state index contributed by atoms with van der Waals surface area (Å²) in [7, 11) is -1.51. The van der Waals surface area contributed by atoms with Gasteiger partial charge in [0.05, 0.1) is 11.9 Å². The quantitative estimate of drug-likeness (QED) is 0.840. The number of anilines is 1. The molecule has 2 heterocycles. The van der Waals surface area contributed by atoms with E-state index in [1.165, 1.54) is 12.5 Å². The minimum atomic E-state index is -3.38. The largest absolute Gasteiger partial charge is 0.339 e. The summed E-state index contributed by atoms with van der Waals surface area (Å²) >= 11 is 6.24. The van der Waals surface area contributed by atoms with Gasteiger partial charge in [-0.25, -0.2) is 18.4 Å². The first-order chi connectivity index (χ1) is 12.4. The molecule has 2 aromatic rings. The summed E-state index contributed by atoms with van der Waals surface area (Å²) in [5, 5.41) is 4.01. The third-order valence-corrected chi connectivity index (χ3v) is 6.04. The van der Waals surface area contributed by atoms with Gasteiger partial charge in [-0.05, 0) is 31.0 Å². The fourth-order valence-electron chi connectivity index (χ4n) is 3.17. The zero-order valence-electron chi connectivity index (χ0n) is 14.9. The van der Waals surface area contributed by atoms with Crippen LogP contribution in [0.4, 0.5) is 5.95 Å². The zero-order chi connectivity index (χ0) is 18.7. The number of nitrogens with one attached hydrogen (secondary N) is 1. The fraction of sp³-hybridized carbons (Fsp3) is 0.444. The summed E-state index contributed by atoms with van der Waals surface area (Å²) in [6.45, 7) is 2.22. The monoisotopic (exact) mass is 394 g/mol. The molecule has 1 unspecified atom stereocenters. The van der Waals surface area contributed by atoms with E-state index in [0.717, 1.165) is 31.5 Å². The number of aromatic nitrogens is 2. The standard InChI is InChI=1S/C18H23ClN4O2S/c1-23(12-14-6-3-4-8-15(14)19)18-21-11-16(26(2,24)25)17(22-18)13-7-5-9-20-10-13/h3-4,6,8,11,13,20H,5,7,9-10,12H2,1-2H3. The molecule has 140 valence electrons. The van der Waals surface area contributed by atoms with Crippen molar-refractivity contribution in [3.05, 3.63) is 46.7 Å². The Labute approximate surface area is 159 Å². The van der Waals surface area contributed by atoms with Crippen LogP contribution < -0.4 is 10.2 Å². The van der Waals surface area contributed by atoms with Gasteiger partial charge in [-0.15, -0.1) is 0 Å². The van der Waals surface area contributed by atoms with Crippen LogP contribution in [0.1, 0.15) is 30.0 Å². The van der Waals surface area contributed by atoms with Gasteiger partial charge < -0.3 is 10.2 Å². The highest BCUT2D eigenvalue weighted by molar-refractivity contribution is 7.90. The maximum Gasteiger partial charge on any atom is 0.225 e. The van der Waals surface area contributed by atoms with Crippen LogP contribution in [-0.4, -0.2) is 44.8 Å². The Morgan fingerprint density at radius 1 is 1.35 bits per heavy atom. The van der Waals surface area contributed by atoms with Gasteiger partial charge in [0.1, 0.15) is 4.90 Å². The van der Waals surface area contributed by atoms with E-state index in [1.54, 1.807) is 0 Å². The van der Waals surface area contributed by atoms with Gasteiger partial charge in [0.25, 0.3) is 0 Å². The molecule has 1 aromatic carbocycles. The molecule has 3 rings (SSSR count). The van der Waals surface area contributed by atoms with E-state index in [-0.39, 0.29) is 10.8 Å². The molecule has 1 saturated heterocycles. The zero-order valence-corrected chi connectivity index (χ0v) is 16.5. The van der Waals surface area contributed by atoms with Crippen molar-refractivity contribution in [3.8, 4) is 0 Å². The van der Waals surface area contributed by atoms with Crippen molar-refractivity contribution >= 4 is 27.4 Å². The summed E-state index contributed by atoms with van der Waals surface area (Å²) in [5.41, 5.74) is 1.57. The first kappa shape index (κ1) is 19.1. The van der Waals surface area contributed by atoms with Gasteiger partial charge in [0, 0.05) is 37.3 Å². The highest BCUT2D eigenvalue weighted by atomic mass is 35.5. The molecule has 0 radical (unpaired) electrons. The molecule has 1 aromatic heterocycles. The van der Waals surface area contributed by atoms with Crippen molar-refractivity contribution in [1.29, 1.82) is 0 Å². The van der Waals surface area contributed by atoms with Gasteiger partial charge in [-0.3, -0.25) is 0 Å². The van der Waals surface area contributed by atoms with E-state index in [1.807, 2.05) is 36.2 Å². The van der Waals surface area contributed by atoms with Crippen molar-refractivity contribution < 1.29 is 8.42 Å². The molecule has 8 heteroatoms. The summed E-state index contributed by atoms with van der Waals surface area (Å²) < 4.78 is 24.4. The van der Waals surface area contributed by atoms with Crippen LogP contribution in [-0.2, 0) is 16.4 Å². The number of sulfone groups is 1. The van der Waals surface area contributed by atoms with E-state index >= 15 is 0 Å². The van der Waals surface area contributed by atoms with Crippen LogP contribution in [0.25, 0.3) is 0 Å². The van der Waals surface area contributed by atoms with Crippen LogP contribution in [0.3, 0.4) is 0 Å². The molecule has 1 aliphatic rings. The molecular formula is C18H23ClN4O2S. The van der Waals surface area contributed by atoms with Crippen molar-refractivity contribution in [2.24, 2.45) is 0 Å². The predicted molar refractivity (Wildman–Crippen MR) is 104 cm³/mol. The third kappa shape index (κ3) is 4.34. The fourth-order valence-corrected chi connectivity index (χ4v) is 4.21. The molecular weight excluding hydrogens is 372 g/mol. The average molecular weight is 395 g/mol. The smallest absolute Gasteiger partial charge is 0.225 e. The summed E-state index contributed by atoms with van der Waals surface area (Å²) in [5.74, 6) is 0.571. The molecule has 6 nitrogen and oxygen atoms in total. The van der Waals surface area contributed by atoms with Crippen molar-refractivity contribution in [1.82, 2.24) is 15.3 Å². The maximum absolute atomic E-state index is 12.2. The lowest BCUT2D eigenvalue weighted by Gasteiger charge is -2.25. The minimum Gasteiger partial charge on any atom is -0.339 e. The molecule has 0 saturated carbocycles. The Morgan fingerprint density at radius 3 is 2.77 bits per heavy atom. The van der Waals surface area contributed by atoms with Gasteiger partial charge in [0.15, 0.2) is 9.84 Å². The van der Waals surface area contributed by atoms with Crippen molar-refractivity contribution in [2.75, 3.05) is 31.3 Å².